The van der Waals surface area contributed by atoms with Crippen molar-refractivity contribution in [2.24, 2.45) is 0 Å². The Morgan fingerprint density at radius 1 is 1.05 bits per heavy atom. The molecule has 2 aromatic carbocycles. The standard InChI is InChI=1S/C17H20FNO/c1-11-7-8-17(20)16(9-11)13(3)19-12(2)14-5-4-6-15(18)10-14/h4-10,12-13,19-20H,1-3H3/t12-,13?/m0/s1. The second-order valence-corrected chi connectivity index (χ2v) is 5.23. The van der Waals surface area contributed by atoms with Crippen molar-refractivity contribution in [1.29, 1.82) is 0 Å². The molecule has 3 heteroatoms. The molecule has 0 aliphatic rings. The number of benzene rings is 2. The van der Waals surface area contributed by atoms with Crippen LogP contribution in [0, 0.1) is 12.7 Å². The van der Waals surface area contributed by atoms with E-state index in [0.717, 1.165) is 16.7 Å². The normalized spacial score (nSPS) is 14.0. The SMILES string of the molecule is Cc1ccc(O)c(C(C)N[C@@H](C)c2cccc(F)c2)c1. The first-order valence-electron chi connectivity index (χ1n) is 6.78. The molecular formula is C17H20FNO. The first-order chi connectivity index (χ1) is 9.47. The summed E-state index contributed by atoms with van der Waals surface area (Å²) in [5, 5.41) is 13.3. The number of nitrogens with one attached hydrogen (secondary N) is 1. The molecule has 0 saturated heterocycles. The van der Waals surface area contributed by atoms with Gasteiger partial charge in [-0.2, -0.15) is 0 Å². The lowest BCUT2D eigenvalue weighted by atomic mass is 10.0. The molecule has 2 nitrogen and oxygen atoms in total. The monoisotopic (exact) mass is 273 g/mol. The summed E-state index contributed by atoms with van der Waals surface area (Å²) in [6, 6.07) is 12.1. The molecule has 106 valence electrons. The van der Waals surface area contributed by atoms with E-state index < -0.39 is 0 Å². The number of phenolic OH excluding ortho intramolecular Hbond substituents is 1. The van der Waals surface area contributed by atoms with Crippen molar-refractivity contribution in [3.63, 3.8) is 0 Å². The largest absolute Gasteiger partial charge is 0.508 e. The van der Waals surface area contributed by atoms with E-state index in [2.05, 4.69) is 5.32 Å². The number of phenols is 1. The molecule has 0 amide bonds. The molecule has 0 spiro atoms. The number of hydrogen-bond acceptors (Lipinski definition) is 2. The predicted molar refractivity (Wildman–Crippen MR) is 79.2 cm³/mol. The maximum Gasteiger partial charge on any atom is 0.123 e. The highest BCUT2D eigenvalue weighted by atomic mass is 19.1. The zero-order valence-electron chi connectivity index (χ0n) is 12.0. The maximum absolute atomic E-state index is 13.2. The van der Waals surface area contributed by atoms with E-state index in [0.29, 0.717) is 0 Å². The number of rotatable bonds is 4. The summed E-state index contributed by atoms with van der Waals surface area (Å²) >= 11 is 0. The summed E-state index contributed by atoms with van der Waals surface area (Å²) in [6.45, 7) is 5.97. The summed E-state index contributed by atoms with van der Waals surface area (Å²) in [6.07, 6.45) is 0. The van der Waals surface area contributed by atoms with Gasteiger partial charge in [0, 0.05) is 17.6 Å². The second kappa shape index (κ2) is 6.06. The lowest BCUT2D eigenvalue weighted by Gasteiger charge is -2.22. The Balaban J connectivity index is 2.15. The summed E-state index contributed by atoms with van der Waals surface area (Å²) < 4.78 is 13.2. The molecule has 2 rings (SSSR count). The fraction of sp³-hybridized carbons (Fsp3) is 0.294. The van der Waals surface area contributed by atoms with Crippen LogP contribution in [0.4, 0.5) is 4.39 Å². The molecule has 0 fully saturated rings. The van der Waals surface area contributed by atoms with E-state index in [1.807, 2.05) is 39.0 Å². The van der Waals surface area contributed by atoms with Crippen molar-refractivity contribution in [1.82, 2.24) is 5.32 Å². The summed E-state index contributed by atoms with van der Waals surface area (Å²) in [5.41, 5.74) is 2.85. The van der Waals surface area contributed by atoms with Gasteiger partial charge in [0.25, 0.3) is 0 Å². The van der Waals surface area contributed by atoms with E-state index in [-0.39, 0.29) is 23.7 Å². The zero-order chi connectivity index (χ0) is 14.7. The Kier molecular flexibility index (Phi) is 4.40. The third kappa shape index (κ3) is 3.36. The minimum Gasteiger partial charge on any atom is -0.508 e. The third-order valence-electron chi connectivity index (χ3n) is 3.50. The molecular weight excluding hydrogens is 253 g/mol. The van der Waals surface area contributed by atoms with Gasteiger partial charge in [0.05, 0.1) is 0 Å². The maximum atomic E-state index is 13.2. The minimum atomic E-state index is -0.234. The van der Waals surface area contributed by atoms with Crippen LogP contribution in [0.25, 0.3) is 0 Å². The Bertz CT molecular complexity index is 597. The predicted octanol–water partition coefficient (Wildman–Crippen LogP) is 4.25. The zero-order valence-corrected chi connectivity index (χ0v) is 12.0. The van der Waals surface area contributed by atoms with Gasteiger partial charge in [-0.1, -0.05) is 29.8 Å². The van der Waals surface area contributed by atoms with Gasteiger partial charge in [0.2, 0.25) is 0 Å². The van der Waals surface area contributed by atoms with E-state index in [1.54, 1.807) is 12.1 Å². The molecule has 0 aliphatic heterocycles. The van der Waals surface area contributed by atoms with Gasteiger partial charge >= 0.3 is 0 Å². The van der Waals surface area contributed by atoms with E-state index in [9.17, 15) is 9.50 Å². The second-order valence-electron chi connectivity index (χ2n) is 5.23. The highest BCUT2D eigenvalue weighted by molar-refractivity contribution is 5.38. The Hall–Kier alpha value is -1.87. The molecule has 0 radical (unpaired) electrons. The highest BCUT2D eigenvalue weighted by Gasteiger charge is 2.14. The van der Waals surface area contributed by atoms with Crippen LogP contribution >= 0.6 is 0 Å². The lowest BCUT2D eigenvalue weighted by molar-refractivity contribution is 0.437. The first-order valence-corrected chi connectivity index (χ1v) is 6.78. The van der Waals surface area contributed by atoms with E-state index in [1.165, 1.54) is 12.1 Å². The molecule has 20 heavy (non-hydrogen) atoms. The Morgan fingerprint density at radius 3 is 2.50 bits per heavy atom. The number of aromatic hydroxyl groups is 1. The Labute approximate surface area is 119 Å². The molecule has 2 N–H and O–H groups in total. The summed E-state index contributed by atoms with van der Waals surface area (Å²) in [5.74, 6) is 0.0456. The van der Waals surface area contributed by atoms with Gasteiger partial charge in [0.1, 0.15) is 11.6 Å². The van der Waals surface area contributed by atoms with E-state index in [4.69, 9.17) is 0 Å². The van der Waals surface area contributed by atoms with Gasteiger partial charge in [0.15, 0.2) is 0 Å². The van der Waals surface area contributed by atoms with Gasteiger partial charge in [-0.05, 0) is 44.5 Å². The van der Waals surface area contributed by atoms with Gasteiger partial charge in [-0.3, -0.25) is 0 Å². The topological polar surface area (TPSA) is 32.3 Å². The lowest BCUT2D eigenvalue weighted by Crippen LogP contribution is -2.22. The van der Waals surface area contributed by atoms with Crippen LogP contribution in [-0.4, -0.2) is 5.11 Å². The fourth-order valence-corrected chi connectivity index (χ4v) is 2.36. The van der Waals surface area contributed by atoms with Crippen LogP contribution in [0.2, 0.25) is 0 Å². The van der Waals surface area contributed by atoms with Crippen molar-refractivity contribution in [2.75, 3.05) is 0 Å². The third-order valence-corrected chi connectivity index (χ3v) is 3.50. The van der Waals surface area contributed by atoms with Crippen LogP contribution in [0.1, 0.15) is 42.6 Å². The molecule has 0 aromatic heterocycles. The smallest absolute Gasteiger partial charge is 0.123 e. The fourth-order valence-electron chi connectivity index (χ4n) is 2.36. The van der Waals surface area contributed by atoms with Crippen LogP contribution in [0.5, 0.6) is 5.75 Å². The summed E-state index contributed by atoms with van der Waals surface area (Å²) in [4.78, 5) is 0. The molecule has 0 saturated carbocycles. The average molecular weight is 273 g/mol. The van der Waals surface area contributed by atoms with Crippen molar-refractivity contribution in [2.45, 2.75) is 32.9 Å². The van der Waals surface area contributed by atoms with Crippen molar-refractivity contribution in [3.05, 3.63) is 65.0 Å². The van der Waals surface area contributed by atoms with Crippen LogP contribution in [0.3, 0.4) is 0 Å². The molecule has 0 aliphatic carbocycles. The summed E-state index contributed by atoms with van der Waals surface area (Å²) in [7, 11) is 0. The van der Waals surface area contributed by atoms with Crippen LogP contribution < -0.4 is 5.32 Å². The molecule has 0 heterocycles. The van der Waals surface area contributed by atoms with Crippen LogP contribution in [0.15, 0.2) is 42.5 Å². The Morgan fingerprint density at radius 2 is 1.80 bits per heavy atom. The molecule has 0 bridgehead atoms. The number of halogens is 1. The van der Waals surface area contributed by atoms with Crippen molar-refractivity contribution in [3.8, 4) is 5.75 Å². The molecule has 1 unspecified atom stereocenters. The van der Waals surface area contributed by atoms with E-state index >= 15 is 0 Å². The van der Waals surface area contributed by atoms with Crippen LogP contribution in [-0.2, 0) is 0 Å². The van der Waals surface area contributed by atoms with Gasteiger partial charge < -0.3 is 10.4 Å². The molecule has 2 atom stereocenters. The minimum absolute atomic E-state index is 0.000567. The highest BCUT2D eigenvalue weighted by Crippen LogP contribution is 2.27. The average Bonchev–Trinajstić information content (AvgIpc) is 2.41. The number of aryl methyl sites for hydroxylation is 1. The number of hydrogen-bond donors (Lipinski definition) is 2. The first kappa shape index (κ1) is 14.5. The van der Waals surface area contributed by atoms with Crippen molar-refractivity contribution < 1.29 is 9.50 Å². The molecule has 2 aromatic rings. The quantitative estimate of drug-likeness (QED) is 0.872. The van der Waals surface area contributed by atoms with Crippen molar-refractivity contribution >= 4 is 0 Å². The van der Waals surface area contributed by atoms with Gasteiger partial charge in [-0.25, -0.2) is 4.39 Å². The van der Waals surface area contributed by atoms with Gasteiger partial charge in [-0.15, -0.1) is 0 Å².